The topological polar surface area (TPSA) is 92.7 Å². The second-order valence-electron chi connectivity index (χ2n) is 7.39. The number of benzene rings is 1. The third kappa shape index (κ3) is 8.11. The van der Waals surface area contributed by atoms with Crippen molar-refractivity contribution in [2.45, 2.75) is 76.5 Å². The van der Waals surface area contributed by atoms with E-state index in [4.69, 9.17) is 9.84 Å². The van der Waals surface area contributed by atoms with Gasteiger partial charge in [0.2, 0.25) is 11.8 Å². The van der Waals surface area contributed by atoms with E-state index in [0.717, 1.165) is 43.4 Å². The monoisotopic (exact) mass is 389 g/mol. The molecule has 2 N–H and O–H groups in total. The summed E-state index contributed by atoms with van der Waals surface area (Å²) in [5.41, 5.74) is 0.917. The fourth-order valence-corrected chi connectivity index (χ4v) is 3.44. The summed E-state index contributed by atoms with van der Waals surface area (Å²) < 4.78 is 5.76. The van der Waals surface area contributed by atoms with E-state index in [1.807, 2.05) is 24.3 Å². The number of unbranched alkanes of at least 4 members (excludes halogenated alkanes) is 7. The van der Waals surface area contributed by atoms with E-state index >= 15 is 0 Å². The van der Waals surface area contributed by atoms with Crippen LogP contribution in [0.25, 0.3) is 0 Å². The number of aliphatic carboxylic acids is 1. The molecular formula is C22H31NO5. The predicted octanol–water partition coefficient (Wildman–Crippen LogP) is 4.18. The molecule has 1 fully saturated rings. The number of piperidine rings is 1. The van der Waals surface area contributed by atoms with E-state index in [1.165, 1.54) is 19.3 Å². The van der Waals surface area contributed by atoms with E-state index in [-0.39, 0.29) is 24.2 Å². The van der Waals surface area contributed by atoms with Crippen molar-refractivity contribution in [1.29, 1.82) is 0 Å². The third-order valence-corrected chi connectivity index (χ3v) is 5.08. The van der Waals surface area contributed by atoms with Crippen LogP contribution in [0.1, 0.15) is 82.1 Å². The van der Waals surface area contributed by atoms with Gasteiger partial charge in [-0.2, -0.15) is 0 Å². The van der Waals surface area contributed by atoms with Gasteiger partial charge in [-0.25, -0.2) is 0 Å². The highest BCUT2D eigenvalue weighted by atomic mass is 16.5. The molecule has 0 aromatic heterocycles. The van der Waals surface area contributed by atoms with E-state index in [0.29, 0.717) is 19.4 Å². The Hall–Kier alpha value is -2.37. The first-order chi connectivity index (χ1) is 13.6. The van der Waals surface area contributed by atoms with Gasteiger partial charge < -0.3 is 9.84 Å². The summed E-state index contributed by atoms with van der Waals surface area (Å²) >= 11 is 0. The van der Waals surface area contributed by atoms with E-state index in [9.17, 15) is 14.4 Å². The Labute approximate surface area is 166 Å². The lowest BCUT2D eigenvalue weighted by atomic mass is 9.90. The molecule has 0 spiro atoms. The number of carboxylic acids is 1. The van der Waals surface area contributed by atoms with Crippen molar-refractivity contribution in [2.75, 3.05) is 6.61 Å². The lowest BCUT2D eigenvalue weighted by Crippen LogP contribution is -2.39. The molecule has 1 unspecified atom stereocenters. The van der Waals surface area contributed by atoms with Gasteiger partial charge in [-0.3, -0.25) is 19.7 Å². The molecule has 1 aliphatic rings. The Morgan fingerprint density at radius 3 is 2.18 bits per heavy atom. The molecule has 1 aromatic rings. The zero-order valence-electron chi connectivity index (χ0n) is 16.5. The van der Waals surface area contributed by atoms with Crippen LogP contribution in [0.15, 0.2) is 24.3 Å². The number of hydrogen-bond acceptors (Lipinski definition) is 4. The van der Waals surface area contributed by atoms with Gasteiger partial charge in [0.25, 0.3) is 0 Å². The van der Waals surface area contributed by atoms with Crippen LogP contribution in [-0.2, 0) is 14.4 Å². The summed E-state index contributed by atoms with van der Waals surface area (Å²) in [5.74, 6) is -0.567. The van der Waals surface area contributed by atoms with Crippen LogP contribution < -0.4 is 10.1 Å². The molecule has 2 amide bonds. The van der Waals surface area contributed by atoms with Gasteiger partial charge in [0.1, 0.15) is 5.75 Å². The van der Waals surface area contributed by atoms with Gasteiger partial charge in [-0.1, -0.05) is 50.7 Å². The maximum Gasteiger partial charge on any atom is 0.303 e. The zero-order valence-corrected chi connectivity index (χ0v) is 16.5. The predicted molar refractivity (Wildman–Crippen MR) is 106 cm³/mol. The molecule has 1 aliphatic heterocycles. The maximum absolute atomic E-state index is 11.9. The highest BCUT2D eigenvalue weighted by Gasteiger charge is 2.27. The van der Waals surface area contributed by atoms with Crippen LogP contribution in [0, 0.1) is 0 Å². The molecule has 0 bridgehead atoms. The largest absolute Gasteiger partial charge is 0.494 e. The van der Waals surface area contributed by atoms with Crippen LogP contribution in [0.5, 0.6) is 5.75 Å². The summed E-state index contributed by atoms with van der Waals surface area (Å²) in [6.45, 7) is 0.677. The molecule has 0 aliphatic carbocycles. The van der Waals surface area contributed by atoms with Gasteiger partial charge in [0, 0.05) is 12.8 Å². The fraction of sp³-hybridized carbons (Fsp3) is 0.591. The quantitative estimate of drug-likeness (QED) is 0.390. The van der Waals surface area contributed by atoms with Crippen molar-refractivity contribution in [3.05, 3.63) is 29.8 Å². The summed E-state index contributed by atoms with van der Waals surface area (Å²) in [4.78, 5) is 33.5. The standard InChI is InChI=1S/C22H31NO5/c24-20-15-14-19(22(27)23-20)17-10-12-18(13-11-17)28-16-8-6-4-2-1-3-5-7-9-21(25)26/h10-13,19H,1-9,14-16H2,(H,25,26)(H,23,24,27). The van der Waals surface area contributed by atoms with Crippen LogP contribution in [0.3, 0.4) is 0 Å². The summed E-state index contributed by atoms with van der Waals surface area (Å²) in [7, 11) is 0. The molecular weight excluding hydrogens is 358 g/mol. The van der Waals surface area contributed by atoms with Gasteiger partial charge in [0.15, 0.2) is 0 Å². The molecule has 6 heteroatoms. The van der Waals surface area contributed by atoms with Crippen LogP contribution in [0.2, 0.25) is 0 Å². The number of amides is 2. The number of rotatable bonds is 13. The van der Waals surface area contributed by atoms with Crippen LogP contribution in [-0.4, -0.2) is 29.5 Å². The first kappa shape index (κ1) is 21.9. The van der Waals surface area contributed by atoms with Gasteiger partial charge >= 0.3 is 5.97 Å². The second kappa shape index (κ2) is 12.2. The maximum atomic E-state index is 11.9. The van der Waals surface area contributed by atoms with Crippen molar-refractivity contribution in [3.8, 4) is 5.75 Å². The first-order valence-electron chi connectivity index (χ1n) is 10.3. The van der Waals surface area contributed by atoms with Crippen molar-refractivity contribution in [1.82, 2.24) is 5.32 Å². The number of carbonyl (C=O) groups excluding carboxylic acids is 2. The fourth-order valence-electron chi connectivity index (χ4n) is 3.44. The smallest absolute Gasteiger partial charge is 0.303 e. The molecule has 28 heavy (non-hydrogen) atoms. The number of imide groups is 1. The number of carbonyl (C=O) groups is 3. The normalized spacial score (nSPS) is 16.6. The molecule has 0 saturated carbocycles. The molecule has 0 radical (unpaired) electrons. The van der Waals surface area contributed by atoms with Crippen molar-refractivity contribution in [3.63, 3.8) is 0 Å². The minimum Gasteiger partial charge on any atom is -0.494 e. The summed E-state index contributed by atoms with van der Waals surface area (Å²) in [6.07, 6.45) is 9.80. The number of hydrogen-bond donors (Lipinski definition) is 2. The Morgan fingerprint density at radius 2 is 1.57 bits per heavy atom. The van der Waals surface area contributed by atoms with Crippen molar-refractivity contribution < 1.29 is 24.2 Å². The highest BCUT2D eigenvalue weighted by Crippen LogP contribution is 2.26. The third-order valence-electron chi connectivity index (χ3n) is 5.08. The average Bonchev–Trinajstić information content (AvgIpc) is 2.66. The molecule has 1 heterocycles. The molecule has 1 aromatic carbocycles. The van der Waals surface area contributed by atoms with Gasteiger partial charge in [-0.05, 0) is 37.0 Å². The van der Waals surface area contributed by atoms with Gasteiger partial charge in [0.05, 0.1) is 12.5 Å². The minimum absolute atomic E-state index is 0.195. The summed E-state index contributed by atoms with van der Waals surface area (Å²) in [6, 6.07) is 7.58. The van der Waals surface area contributed by atoms with E-state index in [2.05, 4.69) is 5.32 Å². The molecule has 1 saturated heterocycles. The Kier molecular flexibility index (Phi) is 9.52. The number of carboxylic acid groups (broad SMARTS) is 1. The first-order valence-corrected chi connectivity index (χ1v) is 10.3. The summed E-state index contributed by atoms with van der Waals surface area (Å²) in [5, 5.41) is 11.0. The van der Waals surface area contributed by atoms with Crippen LogP contribution in [0.4, 0.5) is 0 Å². The Balaban J connectivity index is 1.52. The van der Waals surface area contributed by atoms with E-state index in [1.54, 1.807) is 0 Å². The average molecular weight is 389 g/mol. The van der Waals surface area contributed by atoms with E-state index < -0.39 is 5.97 Å². The number of ether oxygens (including phenoxy) is 1. The van der Waals surface area contributed by atoms with Crippen LogP contribution >= 0.6 is 0 Å². The number of nitrogens with one attached hydrogen (secondary N) is 1. The molecule has 154 valence electrons. The zero-order chi connectivity index (χ0) is 20.2. The Morgan fingerprint density at radius 1 is 0.964 bits per heavy atom. The van der Waals surface area contributed by atoms with Crippen molar-refractivity contribution in [2.24, 2.45) is 0 Å². The lowest BCUT2D eigenvalue weighted by Gasteiger charge is -2.21. The highest BCUT2D eigenvalue weighted by molar-refractivity contribution is 6.00. The molecule has 1 atom stereocenters. The van der Waals surface area contributed by atoms with Crippen molar-refractivity contribution >= 4 is 17.8 Å². The lowest BCUT2D eigenvalue weighted by molar-refractivity contribution is -0.137. The Bertz CT molecular complexity index is 641. The minimum atomic E-state index is -0.703. The van der Waals surface area contributed by atoms with Gasteiger partial charge in [-0.15, -0.1) is 0 Å². The molecule has 6 nitrogen and oxygen atoms in total. The second-order valence-corrected chi connectivity index (χ2v) is 7.39. The molecule has 2 rings (SSSR count). The SMILES string of the molecule is O=C(O)CCCCCCCCCCOc1ccc(C2CCC(=O)NC2=O)cc1.